The van der Waals surface area contributed by atoms with E-state index in [0.29, 0.717) is 37.2 Å². The Labute approximate surface area is 192 Å². The number of guanidine groups is 1. The van der Waals surface area contributed by atoms with Crippen LogP contribution in [0.4, 0.5) is 8.78 Å². The van der Waals surface area contributed by atoms with Crippen LogP contribution in [0.25, 0.3) is 0 Å². The summed E-state index contributed by atoms with van der Waals surface area (Å²) in [4.78, 5) is 8.28. The van der Waals surface area contributed by atoms with Gasteiger partial charge in [-0.15, -0.1) is 24.0 Å². The lowest BCUT2D eigenvalue weighted by molar-refractivity contribution is -0.0520. The third kappa shape index (κ3) is 8.17. The molecule has 2 rings (SSSR count). The Bertz CT molecular complexity index is 809. The van der Waals surface area contributed by atoms with E-state index in [1.807, 2.05) is 19.1 Å². The molecule has 1 aromatic heterocycles. The highest BCUT2D eigenvalue weighted by molar-refractivity contribution is 14.0. The van der Waals surface area contributed by atoms with Gasteiger partial charge in [-0.3, -0.25) is 4.99 Å². The van der Waals surface area contributed by atoms with Gasteiger partial charge in [-0.1, -0.05) is 12.1 Å². The zero-order valence-corrected chi connectivity index (χ0v) is 19.5. The van der Waals surface area contributed by atoms with Crippen molar-refractivity contribution in [1.29, 1.82) is 0 Å². The van der Waals surface area contributed by atoms with Crippen LogP contribution in [0.3, 0.4) is 0 Å². The van der Waals surface area contributed by atoms with E-state index in [1.54, 1.807) is 38.4 Å². The second-order valence-corrected chi connectivity index (χ2v) is 5.77. The molecule has 0 spiro atoms. The number of hydrogen-bond acceptors (Lipinski definition) is 5. The van der Waals surface area contributed by atoms with Gasteiger partial charge in [0.05, 0.1) is 13.2 Å². The van der Waals surface area contributed by atoms with Gasteiger partial charge in [-0.05, 0) is 31.5 Å². The van der Waals surface area contributed by atoms with E-state index < -0.39 is 6.61 Å². The molecule has 0 aliphatic carbocycles. The molecule has 1 heterocycles. The van der Waals surface area contributed by atoms with E-state index >= 15 is 0 Å². The van der Waals surface area contributed by atoms with Gasteiger partial charge in [-0.25, -0.2) is 4.98 Å². The molecule has 0 amide bonds. The van der Waals surface area contributed by atoms with Gasteiger partial charge in [0.15, 0.2) is 17.5 Å². The first-order valence-corrected chi connectivity index (χ1v) is 9.29. The number of pyridine rings is 1. The number of aliphatic imine (C=N–C) groups is 1. The smallest absolute Gasteiger partial charge is 0.387 e. The number of nitrogens with one attached hydrogen (secondary N) is 2. The quantitative estimate of drug-likeness (QED) is 0.272. The van der Waals surface area contributed by atoms with Crippen LogP contribution in [0, 0.1) is 0 Å². The third-order valence-corrected chi connectivity index (χ3v) is 3.79. The molecule has 0 aliphatic heterocycles. The Morgan fingerprint density at radius 3 is 2.50 bits per heavy atom. The van der Waals surface area contributed by atoms with E-state index in [2.05, 4.69) is 25.3 Å². The number of nitrogens with zero attached hydrogens (tertiary/aromatic N) is 2. The second kappa shape index (κ2) is 13.8. The van der Waals surface area contributed by atoms with Crippen LogP contribution in [0.15, 0.2) is 41.5 Å². The molecule has 7 nitrogen and oxygen atoms in total. The first kappa shape index (κ1) is 25.7. The minimum Gasteiger partial charge on any atom is -0.490 e. The van der Waals surface area contributed by atoms with Crippen molar-refractivity contribution < 1.29 is 23.0 Å². The number of para-hydroxylation sites is 1. The van der Waals surface area contributed by atoms with Gasteiger partial charge in [0.1, 0.15) is 0 Å². The molecule has 2 N–H and O–H groups in total. The molecule has 30 heavy (non-hydrogen) atoms. The summed E-state index contributed by atoms with van der Waals surface area (Å²) in [5, 5.41) is 6.25. The predicted molar refractivity (Wildman–Crippen MR) is 122 cm³/mol. The lowest BCUT2D eigenvalue weighted by Gasteiger charge is -2.17. The van der Waals surface area contributed by atoms with E-state index in [1.165, 1.54) is 0 Å². The number of benzene rings is 1. The maximum Gasteiger partial charge on any atom is 0.387 e. The van der Waals surface area contributed by atoms with Crippen LogP contribution in [0.1, 0.15) is 25.0 Å². The number of aromatic nitrogens is 1. The van der Waals surface area contributed by atoms with E-state index in [0.717, 1.165) is 5.56 Å². The minimum absolute atomic E-state index is 0. The Hall–Kier alpha value is -2.37. The standard InChI is InChI=1S/C20H26F2N4O3.HI/c1-4-27-16-8-6-7-15(18(16)29-19(21)22)13-26-20(23-3)25-12-14-9-10-24-17(11-14)28-5-2;/h6-11,19H,4-5,12-13H2,1-3H3,(H2,23,25,26);1H. The van der Waals surface area contributed by atoms with E-state index in [-0.39, 0.29) is 42.0 Å². The average Bonchev–Trinajstić information content (AvgIpc) is 2.70. The lowest BCUT2D eigenvalue weighted by atomic mass is 10.2. The van der Waals surface area contributed by atoms with Crippen molar-refractivity contribution in [1.82, 2.24) is 15.6 Å². The van der Waals surface area contributed by atoms with Crippen molar-refractivity contribution in [3.63, 3.8) is 0 Å². The second-order valence-electron chi connectivity index (χ2n) is 5.77. The molecule has 166 valence electrons. The summed E-state index contributed by atoms with van der Waals surface area (Å²) in [6.45, 7) is 2.32. The molecule has 0 fully saturated rings. The average molecular weight is 536 g/mol. The van der Waals surface area contributed by atoms with Crippen LogP contribution >= 0.6 is 24.0 Å². The van der Waals surface area contributed by atoms with Gasteiger partial charge < -0.3 is 24.8 Å². The predicted octanol–water partition coefficient (Wildman–Crippen LogP) is 3.96. The minimum atomic E-state index is -2.95. The Morgan fingerprint density at radius 2 is 1.83 bits per heavy atom. The summed E-state index contributed by atoms with van der Waals surface area (Å²) in [6, 6.07) is 8.71. The van der Waals surface area contributed by atoms with Gasteiger partial charge in [0.2, 0.25) is 5.88 Å². The topological polar surface area (TPSA) is 77.0 Å². The molecule has 0 radical (unpaired) electrons. The summed E-state index contributed by atoms with van der Waals surface area (Å²) in [5.41, 5.74) is 1.49. The first-order valence-electron chi connectivity index (χ1n) is 9.29. The molecule has 0 aliphatic rings. The fraction of sp³-hybridized carbons (Fsp3) is 0.400. The van der Waals surface area contributed by atoms with Gasteiger partial charge in [0.25, 0.3) is 0 Å². The normalized spacial score (nSPS) is 10.9. The number of ether oxygens (including phenoxy) is 3. The lowest BCUT2D eigenvalue weighted by Crippen LogP contribution is -2.36. The first-order chi connectivity index (χ1) is 14.1. The maximum atomic E-state index is 12.8. The SMILES string of the molecule is CCOc1cc(CNC(=NC)NCc2cccc(OCC)c2OC(F)F)ccn1.I. The molecular formula is C20H27F2IN4O3. The molecule has 10 heteroatoms. The fourth-order valence-corrected chi connectivity index (χ4v) is 2.57. The fourth-order valence-electron chi connectivity index (χ4n) is 2.57. The molecule has 0 unspecified atom stereocenters. The number of rotatable bonds is 10. The van der Waals surface area contributed by atoms with Gasteiger partial charge >= 0.3 is 6.61 Å². The molecule has 0 saturated carbocycles. The van der Waals surface area contributed by atoms with Crippen molar-refractivity contribution in [2.45, 2.75) is 33.5 Å². The highest BCUT2D eigenvalue weighted by atomic mass is 127. The largest absolute Gasteiger partial charge is 0.490 e. The third-order valence-electron chi connectivity index (χ3n) is 3.79. The van der Waals surface area contributed by atoms with Crippen molar-refractivity contribution in [3.8, 4) is 17.4 Å². The van der Waals surface area contributed by atoms with Crippen LogP contribution in [-0.2, 0) is 13.1 Å². The molecule has 0 bridgehead atoms. The Balaban J connectivity index is 0.00000450. The molecule has 0 atom stereocenters. The highest BCUT2D eigenvalue weighted by Crippen LogP contribution is 2.32. The van der Waals surface area contributed by atoms with Crippen molar-refractivity contribution in [2.24, 2.45) is 4.99 Å². The molecule has 1 aromatic carbocycles. The number of hydrogen-bond donors (Lipinski definition) is 2. The highest BCUT2D eigenvalue weighted by Gasteiger charge is 2.16. The van der Waals surface area contributed by atoms with Crippen LogP contribution in [0.5, 0.6) is 17.4 Å². The van der Waals surface area contributed by atoms with Crippen LogP contribution in [0.2, 0.25) is 0 Å². The molecular weight excluding hydrogens is 509 g/mol. The van der Waals surface area contributed by atoms with Crippen molar-refractivity contribution in [2.75, 3.05) is 20.3 Å². The van der Waals surface area contributed by atoms with Crippen LogP contribution in [-0.4, -0.2) is 37.8 Å². The summed E-state index contributed by atoms with van der Waals surface area (Å²) in [5.74, 6) is 1.35. The number of alkyl halides is 2. The summed E-state index contributed by atoms with van der Waals surface area (Å²) < 4.78 is 41.1. The van der Waals surface area contributed by atoms with Gasteiger partial charge in [-0.2, -0.15) is 8.78 Å². The van der Waals surface area contributed by atoms with Crippen molar-refractivity contribution in [3.05, 3.63) is 47.7 Å². The summed E-state index contributed by atoms with van der Waals surface area (Å²) >= 11 is 0. The molecule has 0 saturated heterocycles. The monoisotopic (exact) mass is 536 g/mol. The van der Waals surface area contributed by atoms with Crippen LogP contribution < -0.4 is 24.8 Å². The van der Waals surface area contributed by atoms with Crippen molar-refractivity contribution >= 4 is 29.9 Å². The zero-order valence-electron chi connectivity index (χ0n) is 17.2. The number of halogens is 3. The Kier molecular flexibility index (Phi) is 11.8. The van der Waals surface area contributed by atoms with Gasteiger partial charge in [0, 0.05) is 38.0 Å². The van der Waals surface area contributed by atoms with E-state index in [9.17, 15) is 8.78 Å². The zero-order chi connectivity index (χ0) is 21.1. The van der Waals surface area contributed by atoms with E-state index in [4.69, 9.17) is 9.47 Å². The summed E-state index contributed by atoms with van der Waals surface area (Å²) in [6.07, 6.45) is 1.67. The molecule has 2 aromatic rings. The Morgan fingerprint density at radius 1 is 1.10 bits per heavy atom. The maximum absolute atomic E-state index is 12.8. The summed E-state index contributed by atoms with van der Waals surface area (Å²) in [7, 11) is 1.63.